The smallest absolute Gasteiger partial charge is 0.242 e. The molecule has 0 bridgehead atoms. The van der Waals surface area contributed by atoms with Gasteiger partial charge in [-0.1, -0.05) is 48.5 Å². The van der Waals surface area contributed by atoms with E-state index in [1.807, 2.05) is 53.4 Å². The van der Waals surface area contributed by atoms with Gasteiger partial charge in [-0.3, -0.25) is 4.79 Å². The molecule has 0 aliphatic carbocycles. The summed E-state index contributed by atoms with van der Waals surface area (Å²) in [6.07, 6.45) is 0.895. The van der Waals surface area contributed by atoms with Crippen LogP contribution in [0.3, 0.4) is 0 Å². The van der Waals surface area contributed by atoms with Gasteiger partial charge in [-0.2, -0.15) is 0 Å². The van der Waals surface area contributed by atoms with E-state index in [4.69, 9.17) is 0 Å². The van der Waals surface area contributed by atoms with E-state index in [0.29, 0.717) is 19.6 Å². The third-order valence-corrected chi connectivity index (χ3v) is 4.56. The van der Waals surface area contributed by atoms with Crippen LogP contribution in [0.2, 0.25) is 0 Å². The van der Waals surface area contributed by atoms with E-state index >= 15 is 0 Å². The molecule has 1 aliphatic rings. The minimum Gasteiger partial charge on any atom is -0.396 e. The maximum absolute atomic E-state index is 12.7. The Morgan fingerprint density at radius 3 is 2.38 bits per heavy atom. The van der Waals surface area contributed by atoms with Crippen molar-refractivity contribution in [1.29, 1.82) is 0 Å². The van der Waals surface area contributed by atoms with E-state index in [1.165, 1.54) is 5.56 Å². The van der Waals surface area contributed by atoms with Gasteiger partial charge in [0.15, 0.2) is 0 Å². The van der Waals surface area contributed by atoms with Crippen molar-refractivity contribution in [2.45, 2.75) is 13.0 Å². The van der Waals surface area contributed by atoms with Crippen LogP contribution in [-0.4, -0.2) is 42.2 Å². The van der Waals surface area contributed by atoms with Gasteiger partial charge in [0.05, 0.1) is 6.54 Å². The van der Waals surface area contributed by atoms with E-state index in [1.54, 1.807) is 0 Å². The molecule has 1 amide bonds. The summed E-state index contributed by atoms with van der Waals surface area (Å²) in [5.74, 6) is 0.360. The molecule has 1 saturated heterocycles. The first kappa shape index (κ1) is 16.5. The SMILES string of the molecule is O=C(CN(Cc1ccccc1)c1ccccc1)N1CCC(CO)C1. The molecule has 4 nitrogen and oxygen atoms in total. The number of hydrogen-bond donors (Lipinski definition) is 1. The molecule has 1 fully saturated rings. The topological polar surface area (TPSA) is 43.8 Å². The fourth-order valence-electron chi connectivity index (χ4n) is 3.15. The lowest BCUT2D eigenvalue weighted by atomic mass is 10.1. The van der Waals surface area contributed by atoms with Gasteiger partial charge in [-0.15, -0.1) is 0 Å². The summed E-state index contributed by atoms with van der Waals surface area (Å²) in [7, 11) is 0. The summed E-state index contributed by atoms with van der Waals surface area (Å²) >= 11 is 0. The van der Waals surface area contributed by atoms with Gasteiger partial charge >= 0.3 is 0 Å². The Morgan fingerprint density at radius 2 is 1.75 bits per heavy atom. The zero-order chi connectivity index (χ0) is 16.8. The number of likely N-dealkylation sites (tertiary alicyclic amines) is 1. The normalized spacial score (nSPS) is 17.0. The van der Waals surface area contributed by atoms with Crippen LogP contribution in [0.4, 0.5) is 5.69 Å². The predicted octanol–water partition coefficient (Wildman–Crippen LogP) is 2.53. The molecule has 0 radical (unpaired) electrons. The fourth-order valence-corrected chi connectivity index (χ4v) is 3.15. The van der Waals surface area contributed by atoms with E-state index in [9.17, 15) is 9.90 Å². The van der Waals surface area contributed by atoms with Crippen LogP contribution in [0.5, 0.6) is 0 Å². The summed E-state index contributed by atoms with van der Waals surface area (Å²) in [5, 5.41) is 9.27. The Balaban J connectivity index is 1.71. The number of amides is 1. The van der Waals surface area contributed by atoms with Crippen LogP contribution in [0.15, 0.2) is 60.7 Å². The van der Waals surface area contributed by atoms with Gasteiger partial charge in [-0.25, -0.2) is 0 Å². The molecule has 126 valence electrons. The molecule has 1 unspecified atom stereocenters. The van der Waals surface area contributed by atoms with Gasteiger partial charge in [0.1, 0.15) is 0 Å². The lowest BCUT2D eigenvalue weighted by Crippen LogP contribution is -2.39. The number of nitrogens with zero attached hydrogens (tertiary/aromatic N) is 2. The maximum Gasteiger partial charge on any atom is 0.242 e. The zero-order valence-corrected chi connectivity index (χ0v) is 13.8. The van der Waals surface area contributed by atoms with Crippen molar-refractivity contribution >= 4 is 11.6 Å². The fraction of sp³-hybridized carbons (Fsp3) is 0.350. The van der Waals surface area contributed by atoms with Crippen molar-refractivity contribution in [3.05, 3.63) is 66.2 Å². The highest BCUT2D eigenvalue weighted by atomic mass is 16.3. The Labute approximate surface area is 143 Å². The lowest BCUT2D eigenvalue weighted by molar-refractivity contribution is -0.128. The summed E-state index contributed by atoms with van der Waals surface area (Å²) < 4.78 is 0. The molecular formula is C20H24N2O2. The maximum atomic E-state index is 12.7. The number of carbonyl (C=O) groups excluding carboxylic acids is 1. The first-order valence-electron chi connectivity index (χ1n) is 8.49. The Morgan fingerprint density at radius 1 is 1.08 bits per heavy atom. The highest BCUT2D eigenvalue weighted by molar-refractivity contribution is 5.81. The standard InChI is InChI=1S/C20H24N2O2/c23-16-18-11-12-21(14-18)20(24)15-22(19-9-5-2-6-10-19)13-17-7-3-1-4-8-17/h1-10,18,23H,11-16H2. The summed E-state index contributed by atoms with van der Waals surface area (Å²) in [6.45, 7) is 2.64. The molecule has 1 N–H and O–H groups in total. The highest BCUT2D eigenvalue weighted by Gasteiger charge is 2.26. The van der Waals surface area contributed by atoms with Crippen LogP contribution < -0.4 is 4.90 Å². The minimum absolute atomic E-state index is 0.130. The van der Waals surface area contributed by atoms with E-state index < -0.39 is 0 Å². The third-order valence-electron chi connectivity index (χ3n) is 4.56. The summed E-state index contributed by atoms with van der Waals surface area (Å²) in [4.78, 5) is 16.7. The van der Waals surface area contributed by atoms with E-state index in [0.717, 1.165) is 18.7 Å². The molecule has 1 heterocycles. The minimum atomic E-state index is 0.130. The van der Waals surface area contributed by atoms with Crippen LogP contribution in [0, 0.1) is 5.92 Å². The van der Waals surface area contributed by atoms with Gasteiger partial charge < -0.3 is 14.9 Å². The molecule has 2 aromatic carbocycles. The lowest BCUT2D eigenvalue weighted by Gasteiger charge is -2.27. The van der Waals surface area contributed by atoms with Gasteiger partial charge in [-0.05, 0) is 24.1 Å². The van der Waals surface area contributed by atoms with Crippen LogP contribution in [-0.2, 0) is 11.3 Å². The van der Waals surface area contributed by atoms with E-state index in [2.05, 4.69) is 17.0 Å². The largest absolute Gasteiger partial charge is 0.396 e. The third kappa shape index (κ3) is 4.15. The van der Waals surface area contributed by atoms with Gasteiger partial charge in [0.25, 0.3) is 0 Å². The zero-order valence-electron chi connectivity index (χ0n) is 13.8. The molecule has 2 aromatic rings. The quantitative estimate of drug-likeness (QED) is 0.888. The van der Waals surface area contributed by atoms with Crippen molar-refractivity contribution < 1.29 is 9.90 Å². The van der Waals surface area contributed by atoms with E-state index in [-0.39, 0.29) is 18.4 Å². The Kier molecular flexibility index (Phi) is 5.49. The van der Waals surface area contributed by atoms with Crippen molar-refractivity contribution in [2.24, 2.45) is 5.92 Å². The van der Waals surface area contributed by atoms with Crippen LogP contribution >= 0.6 is 0 Å². The van der Waals surface area contributed by atoms with Gasteiger partial charge in [0.2, 0.25) is 5.91 Å². The second-order valence-electron chi connectivity index (χ2n) is 6.35. The number of carbonyl (C=O) groups is 1. The molecule has 3 rings (SSSR count). The van der Waals surface area contributed by atoms with Crippen molar-refractivity contribution in [3.63, 3.8) is 0 Å². The molecule has 24 heavy (non-hydrogen) atoms. The first-order valence-corrected chi connectivity index (χ1v) is 8.49. The summed E-state index contributed by atoms with van der Waals surface area (Å²) in [5.41, 5.74) is 2.23. The molecular weight excluding hydrogens is 300 g/mol. The number of anilines is 1. The first-order chi connectivity index (χ1) is 11.8. The van der Waals surface area contributed by atoms with Crippen molar-refractivity contribution in [2.75, 3.05) is 31.1 Å². The second kappa shape index (κ2) is 7.97. The number of para-hydroxylation sites is 1. The molecule has 1 aliphatic heterocycles. The number of rotatable bonds is 6. The molecule has 0 aromatic heterocycles. The molecule has 1 atom stereocenters. The van der Waals surface area contributed by atoms with Gasteiger partial charge in [0, 0.05) is 37.8 Å². The number of benzene rings is 2. The average molecular weight is 324 g/mol. The average Bonchev–Trinajstić information content (AvgIpc) is 3.12. The highest BCUT2D eigenvalue weighted by Crippen LogP contribution is 2.19. The van der Waals surface area contributed by atoms with Crippen LogP contribution in [0.25, 0.3) is 0 Å². The Hall–Kier alpha value is -2.33. The van der Waals surface area contributed by atoms with Crippen molar-refractivity contribution in [3.8, 4) is 0 Å². The van der Waals surface area contributed by atoms with Crippen molar-refractivity contribution in [1.82, 2.24) is 4.90 Å². The molecule has 0 saturated carbocycles. The molecule has 4 heteroatoms. The Bertz CT molecular complexity index is 645. The summed E-state index contributed by atoms with van der Waals surface area (Å²) in [6, 6.07) is 20.3. The number of hydrogen-bond acceptors (Lipinski definition) is 3. The molecule has 0 spiro atoms. The predicted molar refractivity (Wildman–Crippen MR) is 95.7 cm³/mol. The number of aliphatic hydroxyl groups excluding tert-OH is 1. The monoisotopic (exact) mass is 324 g/mol. The van der Waals surface area contributed by atoms with Crippen LogP contribution in [0.1, 0.15) is 12.0 Å². The number of aliphatic hydroxyl groups is 1. The second-order valence-corrected chi connectivity index (χ2v) is 6.35.